The number of amides is 2. The largest absolute Gasteiger partial charge is 0.383 e. The van der Waals surface area contributed by atoms with E-state index in [0.29, 0.717) is 6.61 Å². The first-order valence-corrected chi connectivity index (χ1v) is 7.75. The van der Waals surface area contributed by atoms with Crippen LogP contribution >= 0.6 is 0 Å². The SMILES string of the molecule is CCC(COC)NC(=O)Nc1ccc2c(c1)cc(C)n2CC. The van der Waals surface area contributed by atoms with Crippen molar-refractivity contribution >= 4 is 22.6 Å². The molecule has 0 saturated carbocycles. The highest BCUT2D eigenvalue weighted by molar-refractivity contribution is 5.93. The number of hydrogen-bond acceptors (Lipinski definition) is 2. The highest BCUT2D eigenvalue weighted by atomic mass is 16.5. The highest BCUT2D eigenvalue weighted by Crippen LogP contribution is 2.23. The minimum Gasteiger partial charge on any atom is -0.383 e. The topological polar surface area (TPSA) is 55.3 Å². The summed E-state index contributed by atoms with van der Waals surface area (Å²) in [6, 6.07) is 7.96. The number of nitrogens with zero attached hydrogens (tertiary/aromatic N) is 1. The minimum absolute atomic E-state index is 0.0251. The predicted molar refractivity (Wildman–Crippen MR) is 90.5 cm³/mol. The van der Waals surface area contributed by atoms with Gasteiger partial charge in [-0.25, -0.2) is 4.79 Å². The molecule has 5 heteroatoms. The summed E-state index contributed by atoms with van der Waals surface area (Å²) >= 11 is 0. The van der Waals surface area contributed by atoms with Crippen LogP contribution in [0.4, 0.5) is 10.5 Å². The molecule has 2 rings (SSSR count). The Labute approximate surface area is 131 Å². The fourth-order valence-electron chi connectivity index (χ4n) is 2.72. The molecule has 2 amide bonds. The maximum absolute atomic E-state index is 12.0. The molecule has 0 radical (unpaired) electrons. The molecular weight excluding hydrogens is 278 g/mol. The number of ether oxygens (including phenoxy) is 1. The van der Waals surface area contributed by atoms with Crippen LogP contribution in [-0.4, -0.2) is 30.4 Å². The average Bonchev–Trinajstić information content (AvgIpc) is 2.80. The zero-order valence-electron chi connectivity index (χ0n) is 13.8. The second kappa shape index (κ2) is 7.31. The van der Waals surface area contributed by atoms with Crippen LogP contribution in [0.3, 0.4) is 0 Å². The van der Waals surface area contributed by atoms with E-state index < -0.39 is 0 Å². The molecule has 2 aromatic rings. The Hall–Kier alpha value is -2.01. The summed E-state index contributed by atoms with van der Waals surface area (Å²) in [5.74, 6) is 0. The summed E-state index contributed by atoms with van der Waals surface area (Å²) in [6.45, 7) is 7.71. The summed E-state index contributed by atoms with van der Waals surface area (Å²) in [5.41, 5.74) is 3.22. The fourth-order valence-corrected chi connectivity index (χ4v) is 2.72. The third-order valence-electron chi connectivity index (χ3n) is 3.88. The second-order valence-corrected chi connectivity index (χ2v) is 5.46. The minimum atomic E-state index is -0.199. The number of urea groups is 1. The van der Waals surface area contributed by atoms with Crippen LogP contribution in [0, 0.1) is 6.92 Å². The number of hydrogen-bond donors (Lipinski definition) is 2. The van der Waals surface area contributed by atoms with Crippen molar-refractivity contribution in [1.82, 2.24) is 9.88 Å². The van der Waals surface area contributed by atoms with Crippen LogP contribution in [0.1, 0.15) is 26.0 Å². The summed E-state index contributed by atoms with van der Waals surface area (Å²) in [4.78, 5) is 12.0. The fraction of sp³-hybridized carbons (Fsp3) is 0.471. The number of anilines is 1. The summed E-state index contributed by atoms with van der Waals surface area (Å²) < 4.78 is 7.34. The van der Waals surface area contributed by atoms with Crippen LogP contribution in [0.25, 0.3) is 10.9 Å². The third-order valence-corrected chi connectivity index (χ3v) is 3.88. The first kappa shape index (κ1) is 16.4. The van der Waals surface area contributed by atoms with Crippen molar-refractivity contribution in [3.63, 3.8) is 0 Å². The number of rotatable bonds is 6. The molecule has 120 valence electrons. The van der Waals surface area contributed by atoms with Crippen LogP contribution in [-0.2, 0) is 11.3 Å². The van der Waals surface area contributed by atoms with Crippen molar-refractivity contribution in [3.05, 3.63) is 30.0 Å². The smallest absolute Gasteiger partial charge is 0.319 e. The lowest BCUT2D eigenvalue weighted by molar-refractivity contribution is 0.165. The molecule has 0 aliphatic carbocycles. The van der Waals surface area contributed by atoms with Crippen LogP contribution in [0.2, 0.25) is 0 Å². The number of fused-ring (bicyclic) bond motifs is 1. The Balaban J connectivity index is 2.10. The molecule has 1 atom stereocenters. The zero-order chi connectivity index (χ0) is 16.1. The van der Waals surface area contributed by atoms with Crippen molar-refractivity contribution in [2.45, 2.75) is 39.8 Å². The number of carbonyl (C=O) groups is 1. The number of benzene rings is 1. The van der Waals surface area contributed by atoms with E-state index in [2.05, 4.69) is 35.1 Å². The molecule has 0 bridgehead atoms. The molecule has 1 aromatic heterocycles. The van der Waals surface area contributed by atoms with Crippen molar-refractivity contribution in [1.29, 1.82) is 0 Å². The molecule has 0 fully saturated rings. The number of nitrogens with one attached hydrogen (secondary N) is 2. The third kappa shape index (κ3) is 3.60. The number of carbonyl (C=O) groups excluding carboxylic acids is 1. The van der Waals surface area contributed by atoms with Crippen LogP contribution < -0.4 is 10.6 Å². The van der Waals surface area contributed by atoms with Crippen molar-refractivity contribution in [3.8, 4) is 0 Å². The Morgan fingerprint density at radius 2 is 2.09 bits per heavy atom. The second-order valence-electron chi connectivity index (χ2n) is 5.46. The lowest BCUT2D eigenvalue weighted by atomic mass is 10.2. The van der Waals surface area contributed by atoms with E-state index in [1.165, 1.54) is 11.2 Å². The molecule has 0 saturated heterocycles. The van der Waals surface area contributed by atoms with E-state index in [1.54, 1.807) is 7.11 Å². The molecule has 1 unspecified atom stereocenters. The van der Waals surface area contributed by atoms with Gasteiger partial charge in [0.1, 0.15) is 0 Å². The van der Waals surface area contributed by atoms with E-state index in [4.69, 9.17) is 4.74 Å². The number of methoxy groups -OCH3 is 1. The predicted octanol–water partition coefficient (Wildman–Crippen LogP) is 3.52. The lowest BCUT2D eigenvalue weighted by Gasteiger charge is -2.16. The molecule has 1 aromatic carbocycles. The molecule has 0 aliphatic rings. The molecule has 2 N–H and O–H groups in total. The van der Waals surface area contributed by atoms with Gasteiger partial charge in [0.2, 0.25) is 0 Å². The normalized spacial score (nSPS) is 12.4. The summed E-state index contributed by atoms with van der Waals surface area (Å²) in [7, 11) is 1.64. The van der Waals surface area contributed by atoms with Gasteiger partial charge in [-0.15, -0.1) is 0 Å². The Morgan fingerprint density at radius 3 is 2.73 bits per heavy atom. The van der Waals surface area contributed by atoms with Gasteiger partial charge >= 0.3 is 6.03 Å². The Kier molecular flexibility index (Phi) is 5.44. The molecule has 5 nitrogen and oxygen atoms in total. The van der Waals surface area contributed by atoms with E-state index in [-0.39, 0.29) is 12.1 Å². The van der Waals surface area contributed by atoms with Crippen molar-refractivity contribution in [2.24, 2.45) is 0 Å². The average molecular weight is 303 g/mol. The van der Waals surface area contributed by atoms with Gasteiger partial charge < -0.3 is 19.9 Å². The van der Waals surface area contributed by atoms with Gasteiger partial charge in [0.15, 0.2) is 0 Å². The van der Waals surface area contributed by atoms with Gasteiger partial charge in [0.05, 0.1) is 12.6 Å². The van der Waals surface area contributed by atoms with E-state index in [0.717, 1.165) is 24.0 Å². The standard InChI is InChI=1S/C17H25N3O2/c1-5-14(11-22-4)18-17(21)19-15-7-8-16-13(10-15)9-12(3)20(16)6-2/h7-10,14H,5-6,11H2,1-4H3,(H2,18,19,21). The van der Waals surface area contributed by atoms with Gasteiger partial charge in [-0.3, -0.25) is 0 Å². The van der Waals surface area contributed by atoms with Crippen LogP contribution in [0.5, 0.6) is 0 Å². The maximum Gasteiger partial charge on any atom is 0.319 e. The lowest BCUT2D eigenvalue weighted by Crippen LogP contribution is -2.40. The monoisotopic (exact) mass is 303 g/mol. The van der Waals surface area contributed by atoms with Gasteiger partial charge in [0, 0.05) is 35.9 Å². The first-order valence-electron chi connectivity index (χ1n) is 7.75. The quantitative estimate of drug-likeness (QED) is 0.858. The zero-order valence-corrected chi connectivity index (χ0v) is 13.8. The molecule has 0 spiro atoms. The molecule has 1 heterocycles. The van der Waals surface area contributed by atoms with E-state index in [9.17, 15) is 4.79 Å². The van der Waals surface area contributed by atoms with E-state index >= 15 is 0 Å². The van der Waals surface area contributed by atoms with Crippen molar-refractivity contribution in [2.75, 3.05) is 19.0 Å². The maximum atomic E-state index is 12.0. The van der Waals surface area contributed by atoms with Gasteiger partial charge in [-0.2, -0.15) is 0 Å². The molecule has 0 aliphatic heterocycles. The molecule has 22 heavy (non-hydrogen) atoms. The van der Waals surface area contributed by atoms with Crippen molar-refractivity contribution < 1.29 is 9.53 Å². The van der Waals surface area contributed by atoms with Gasteiger partial charge in [0.25, 0.3) is 0 Å². The summed E-state index contributed by atoms with van der Waals surface area (Å²) in [5, 5.41) is 6.94. The first-order chi connectivity index (χ1) is 10.6. The Bertz CT molecular complexity index is 649. The van der Waals surface area contributed by atoms with E-state index in [1.807, 2.05) is 25.1 Å². The highest BCUT2D eigenvalue weighted by Gasteiger charge is 2.11. The number of aromatic nitrogens is 1. The van der Waals surface area contributed by atoms with Gasteiger partial charge in [-0.05, 0) is 44.5 Å². The van der Waals surface area contributed by atoms with Crippen LogP contribution in [0.15, 0.2) is 24.3 Å². The Morgan fingerprint density at radius 1 is 1.32 bits per heavy atom. The number of aryl methyl sites for hydroxylation is 2. The molecular formula is C17H25N3O2. The summed E-state index contributed by atoms with van der Waals surface area (Å²) in [6.07, 6.45) is 0.832. The van der Waals surface area contributed by atoms with Gasteiger partial charge in [-0.1, -0.05) is 6.92 Å².